The summed E-state index contributed by atoms with van der Waals surface area (Å²) in [5, 5.41) is 15.9. The molecule has 3 aromatic rings. The van der Waals surface area contributed by atoms with E-state index in [0.717, 1.165) is 0 Å². The van der Waals surface area contributed by atoms with Crippen molar-refractivity contribution in [2.24, 2.45) is 5.92 Å². The second-order valence-electron chi connectivity index (χ2n) is 6.50. The Morgan fingerprint density at radius 2 is 2.04 bits per heavy atom. The fourth-order valence-electron chi connectivity index (χ4n) is 2.69. The van der Waals surface area contributed by atoms with E-state index >= 15 is 0 Å². The van der Waals surface area contributed by atoms with Crippen molar-refractivity contribution in [2.45, 2.75) is 20.0 Å². The molecule has 0 saturated heterocycles. The summed E-state index contributed by atoms with van der Waals surface area (Å²) in [6.07, 6.45) is 2.34. The second-order valence-corrected chi connectivity index (χ2v) is 6.50. The number of hydrogen-bond acceptors (Lipinski definition) is 4. The maximum absolute atomic E-state index is 14.4. The van der Waals surface area contributed by atoms with Crippen molar-refractivity contribution < 1.29 is 13.9 Å². The zero-order valence-corrected chi connectivity index (χ0v) is 15.5. The third-order valence-electron chi connectivity index (χ3n) is 4.09. The van der Waals surface area contributed by atoms with Gasteiger partial charge >= 0.3 is 0 Å². The van der Waals surface area contributed by atoms with Crippen molar-refractivity contribution in [1.82, 2.24) is 9.78 Å². The number of aromatic nitrogens is 2. The van der Waals surface area contributed by atoms with Crippen molar-refractivity contribution in [3.8, 4) is 17.5 Å². The standard InChI is InChI=1S/C21H19FN4O2/c1-14(2)20(28-19-7-4-3-6-15(19)13-23)21(27)25-16-8-9-18(17(22)12-16)26-11-5-10-24-26/h3-12,14,20H,1-2H3,(H,25,27). The summed E-state index contributed by atoms with van der Waals surface area (Å²) in [4.78, 5) is 12.7. The van der Waals surface area contributed by atoms with E-state index in [9.17, 15) is 14.4 Å². The third-order valence-corrected chi connectivity index (χ3v) is 4.09. The highest BCUT2D eigenvalue weighted by Crippen LogP contribution is 2.23. The lowest BCUT2D eigenvalue weighted by atomic mass is 10.1. The molecule has 1 unspecified atom stereocenters. The number of amides is 1. The maximum atomic E-state index is 14.4. The van der Waals surface area contributed by atoms with Gasteiger partial charge in [-0.3, -0.25) is 4.79 Å². The summed E-state index contributed by atoms with van der Waals surface area (Å²) in [6, 6.07) is 14.8. The smallest absolute Gasteiger partial charge is 0.265 e. The van der Waals surface area contributed by atoms with Gasteiger partial charge in [0.25, 0.3) is 5.91 Å². The number of benzene rings is 2. The Kier molecular flexibility index (Phi) is 5.70. The lowest BCUT2D eigenvalue weighted by molar-refractivity contribution is -0.124. The van der Waals surface area contributed by atoms with Gasteiger partial charge in [-0.1, -0.05) is 26.0 Å². The summed E-state index contributed by atoms with van der Waals surface area (Å²) < 4.78 is 21.6. The molecule has 0 aliphatic carbocycles. The number of carbonyl (C=O) groups excluding carboxylic acids is 1. The number of carbonyl (C=O) groups is 1. The molecule has 142 valence electrons. The van der Waals surface area contributed by atoms with Crippen molar-refractivity contribution in [2.75, 3.05) is 5.32 Å². The van der Waals surface area contributed by atoms with Crippen LogP contribution >= 0.6 is 0 Å². The molecule has 0 aliphatic rings. The number of rotatable bonds is 6. The zero-order chi connectivity index (χ0) is 20.1. The molecular formula is C21H19FN4O2. The number of nitrogens with zero attached hydrogens (tertiary/aromatic N) is 3. The second kappa shape index (κ2) is 8.35. The molecule has 0 spiro atoms. The third kappa shape index (κ3) is 4.18. The Hall–Kier alpha value is -3.66. The van der Waals surface area contributed by atoms with Gasteiger partial charge in [-0.25, -0.2) is 9.07 Å². The highest BCUT2D eigenvalue weighted by atomic mass is 19.1. The molecule has 2 aromatic carbocycles. The zero-order valence-electron chi connectivity index (χ0n) is 15.5. The van der Waals surface area contributed by atoms with E-state index in [0.29, 0.717) is 17.0 Å². The van der Waals surface area contributed by atoms with Gasteiger partial charge < -0.3 is 10.1 Å². The quantitative estimate of drug-likeness (QED) is 0.705. The molecule has 1 N–H and O–H groups in total. The minimum atomic E-state index is -0.844. The molecule has 1 amide bonds. The van der Waals surface area contributed by atoms with E-state index in [1.807, 2.05) is 19.9 Å². The van der Waals surface area contributed by atoms with Crippen LogP contribution in [0.25, 0.3) is 5.69 Å². The van der Waals surface area contributed by atoms with Crippen LogP contribution in [0.4, 0.5) is 10.1 Å². The van der Waals surface area contributed by atoms with Crippen molar-refractivity contribution in [1.29, 1.82) is 5.26 Å². The molecule has 0 fully saturated rings. The molecule has 7 heteroatoms. The van der Waals surface area contributed by atoms with E-state index in [1.54, 1.807) is 48.8 Å². The minimum absolute atomic E-state index is 0.167. The first-order chi connectivity index (χ1) is 13.5. The number of ether oxygens (including phenoxy) is 1. The van der Waals surface area contributed by atoms with Crippen molar-refractivity contribution >= 4 is 11.6 Å². The highest BCUT2D eigenvalue weighted by molar-refractivity contribution is 5.94. The van der Waals surface area contributed by atoms with Gasteiger partial charge in [-0.2, -0.15) is 10.4 Å². The van der Waals surface area contributed by atoms with E-state index in [1.165, 1.54) is 16.8 Å². The highest BCUT2D eigenvalue weighted by Gasteiger charge is 2.25. The Labute approximate surface area is 162 Å². The first-order valence-corrected chi connectivity index (χ1v) is 8.76. The van der Waals surface area contributed by atoms with E-state index in [4.69, 9.17) is 4.74 Å². The lowest BCUT2D eigenvalue weighted by Gasteiger charge is -2.22. The van der Waals surface area contributed by atoms with Crippen LogP contribution in [0.3, 0.4) is 0 Å². The fourth-order valence-corrected chi connectivity index (χ4v) is 2.69. The van der Waals surface area contributed by atoms with Gasteiger partial charge in [0.1, 0.15) is 17.5 Å². The van der Waals surface area contributed by atoms with E-state index < -0.39 is 17.8 Å². The number of para-hydroxylation sites is 1. The number of hydrogen-bond donors (Lipinski definition) is 1. The number of anilines is 1. The maximum Gasteiger partial charge on any atom is 0.265 e. The topological polar surface area (TPSA) is 79.9 Å². The van der Waals surface area contributed by atoms with Crippen LogP contribution in [-0.2, 0) is 4.79 Å². The minimum Gasteiger partial charge on any atom is -0.479 e. The summed E-state index contributed by atoms with van der Waals surface area (Å²) in [5.74, 6) is -0.772. The molecule has 0 bridgehead atoms. The SMILES string of the molecule is CC(C)C(Oc1ccccc1C#N)C(=O)Nc1ccc(-n2cccn2)c(F)c1. The van der Waals surface area contributed by atoms with Gasteiger partial charge in [-0.15, -0.1) is 0 Å². The fraction of sp³-hybridized carbons (Fsp3) is 0.190. The van der Waals surface area contributed by atoms with Crippen LogP contribution in [0.2, 0.25) is 0 Å². The first-order valence-electron chi connectivity index (χ1n) is 8.76. The number of nitriles is 1. The Morgan fingerprint density at radius 1 is 1.25 bits per heavy atom. The monoisotopic (exact) mass is 378 g/mol. The molecule has 0 radical (unpaired) electrons. The van der Waals surface area contributed by atoms with Gasteiger partial charge in [0.15, 0.2) is 11.9 Å². The van der Waals surface area contributed by atoms with Crippen LogP contribution in [0, 0.1) is 23.1 Å². The Balaban J connectivity index is 1.78. The summed E-state index contributed by atoms with van der Waals surface area (Å²) in [5.41, 5.74) is 0.930. The Bertz CT molecular complexity index is 1010. The van der Waals surface area contributed by atoms with Crippen LogP contribution in [0.15, 0.2) is 60.9 Å². The average molecular weight is 378 g/mol. The predicted molar refractivity (Wildman–Crippen MR) is 103 cm³/mol. The first kappa shape index (κ1) is 19.1. The Morgan fingerprint density at radius 3 is 2.68 bits per heavy atom. The van der Waals surface area contributed by atoms with Gasteiger partial charge in [0.2, 0.25) is 0 Å². The molecule has 1 heterocycles. The van der Waals surface area contributed by atoms with Crippen LogP contribution in [0.1, 0.15) is 19.4 Å². The molecule has 6 nitrogen and oxygen atoms in total. The van der Waals surface area contributed by atoms with Crippen molar-refractivity contribution in [3.63, 3.8) is 0 Å². The van der Waals surface area contributed by atoms with E-state index in [-0.39, 0.29) is 11.6 Å². The van der Waals surface area contributed by atoms with Crippen LogP contribution in [-0.4, -0.2) is 21.8 Å². The van der Waals surface area contributed by atoms with Crippen LogP contribution in [0.5, 0.6) is 5.75 Å². The van der Waals surface area contributed by atoms with E-state index in [2.05, 4.69) is 10.4 Å². The van der Waals surface area contributed by atoms with Crippen LogP contribution < -0.4 is 10.1 Å². The molecule has 28 heavy (non-hydrogen) atoms. The molecule has 1 aromatic heterocycles. The summed E-state index contributed by atoms with van der Waals surface area (Å²) >= 11 is 0. The largest absolute Gasteiger partial charge is 0.479 e. The average Bonchev–Trinajstić information content (AvgIpc) is 3.20. The normalized spacial score (nSPS) is 11.7. The molecule has 1 atom stereocenters. The molecule has 0 aliphatic heterocycles. The van der Waals surface area contributed by atoms with Crippen molar-refractivity contribution in [3.05, 3.63) is 72.3 Å². The summed E-state index contributed by atoms with van der Waals surface area (Å²) in [7, 11) is 0. The number of halogens is 1. The van der Waals surface area contributed by atoms with Gasteiger partial charge in [0.05, 0.1) is 5.56 Å². The van der Waals surface area contributed by atoms with Gasteiger partial charge in [0, 0.05) is 18.1 Å². The molecule has 3 rings (SSSR count). The summed E-state index contributed by atoms with van der Waals surface area (Å²) in [6.45, 7) is 3.67. The molecular weight excluding hydrogens is 359 g/mol. The lowest BCUT2D eigenvalue weighted by Crippen LogP contribution is -2.37. The van der Waals surface area contributed by atoms with Gasteiger partial charge in [-0.05, 0) is 42.3 Å². The predicted octanol–water partition coefficient (Wildman–Crippen LogP) is 3.93. The number of nitrogens with one attached hydrogen (secondary N) is 1. The molecule has 0 saturated carbocycles.